The molecule has 0 unspecified atom stereocenters. The van der Waals surface area contributed by atoms with E-state index in [4.69, 9.17) is 0 Å². The number of carbonyl (C=O) groups excluding carboxylic acids is 1. The second kappa shape index (κ2) is 6.51. The maximum Gasteiger partial charge on any atom is 0.332 e. The topological polar surface area (TPSA) is 116 Å². The van der Waals surface area contributed by atoms with E-state index < -0.39 is 17.2 Å². The normalized spacial score (nSPS) is 11.3. The zero-order valence-electron chi connectivity index (χ0n) is 13.6. The van der Waals surface area contributed by atoms with Crippen molar-refractivity contribution in [2.24, 2.45) is 19.2 Å². The Balaban J connectivity index is 1.82. The molecule has 1 N–H and O–H groups in total. The average molecular weight is 341 g/mol. The van der Waals surface area contributed by atoms with Crippen LogP contribution in [0, 0.1) is 0 Å². The third-order valence-corrected chi connectivity index (χ3v) is 3.64. The van der Waals surface area contributed by atoms with Crippen LogP contribution in [-0.4, -0.2) is 35.8 Å². The van der Waals surface area contributed by atoms with Crippen LogP contribution in [0.3, 0.4) is 0 Å². The standard InChI is InChI=1S/C15H15N7O3/c1-20-13-12(14(24)21(2)15(20)25)22(9-17-13)8-11(23)19-18-7-10-3-5-16-6-4-10/h3-7,9H,8H2,1-2H3,(H,19,23). The third kappa shape index (κ3) is 3.09. The van der Waals surface area contributed by atoms with Gasteiger partial charge < -0.3 is 4.57 Å². The zero-order valence-corrected chi connectivity index (χ0v) is 13.6. The molecule has 3 aromatic rings. The van der Waals surface area contributed by atoms with Gasteiger partial charge >= 0.3 is 5.69 Å². The number of carbonyl (C=O) groups is 1. The Morgan fingerprint density at radius 2 is 1.96 bits per heavy atom. The van der Waals surface area contributed by atoms with Crippen LogP contribution in [0.2, 0.25) is 0 Å². The van der Waals surface area contributed by atoms with Crippen LogP contribution in [0.4, 0.5) is 0 Å². The fourth-order valence-corrected chi connectivity index (χ4v) is 2.34. The molecule has 3 heterocycles. The third-order valence-electron chi connectivity index (χ3n) is 3.64. The number of pyridine rings is 1. The number of aryl methyl sites for hydroxylation is 1. The Hall–Kier alpha value is -3.56. The number of hydrazone groups is 1. The average Bonchev–Trinajstić information content (AvgIpc) is 3.02. The second-order valence-corrected chi connectivity index (χ2v) is 5.32. The van der Waals surface area contributed by atoms with Crippen molar-refractivity contribution in [3.8, 4) is 0 Å². The molecule has 25 heavy (non-hydrogen) atoms. The van der Waals surface area contributed by atoms with Crippen LogP contribution in [0.15, 0.2) is 45.5 Å². The minimum Gasteiger partial charge on any atom is -0.315 e. The van der Waals surface area contributed by atoms with E-state index in [1.54, 1.807) is 24.5 Å². The Labute approximate surface area is 141 Å². The van der Waals surface area contributed by atoms with Gasteiger partial charge in [0, 0.05) is 26.5 Å². The van der Waals surface area contributed by atoms with E-state index in [1.807, 2.05) is 0 Å². The number of aromatic nitrogens is 5. The summed E-state index contributed by atoms with van der Waals surface area (Å²) in [5, 5.41) is 3.85. The first-order valence-electron chi connectivity index (χ1n) is 7.32. The highest BCUT2D eigenvalue weighted by Gasteiger charge is 2.15. The molecule has 0 saturated heterocycles. The molecule has 0 bridgehead atoms. The predicted octanol–water partition coefficient (Wildman–Crippen LogP) is -1.02. The lowest BCUT2D eigenvalue weighted by Gasteiger charge is -2.05. The number of imidazole rings is 1. The minimum atomic E-state index is -0.510. The van der Waals surface area contributed by atoms with Crippen molar-refractivity contribution in [2.75, 3.05) is 0 Å². The maximum absolute atomic E-state index is 12.3. The Morgan fingerprint density at radius 3 is 2.68 bits per heavy atom. The molecule has 0 aromatic carbocycles. The molecule has 0 saturated carbocycles. The van der Waals surface area contributed by atoms with Gasteiger partial charge in [-0.15, -0.1) is 0 Å². The number of hydrogen-bond acceptors (Lipinski definition) is 6. The van der Waals surface area contributed by atoms with Crippen molar-refractivity contribution in [3.05, 3.63) is 57.3 Å². The molecule has 0 atom stereocenters. The number of rotatable bonds is 4. The highest BCUT2D eigenvalue weighted by molar-refractivity contribution is 5.82. The van der Waals surface area contributed by atoms with Gasteiger partial charge in [-0.1, -0.05) is 0 Å². The number of amides is 1. The quantitative estimate of drug-likeness (QED) is 0.481. The first kappa shape index (κ1) is 16.3. The molecule has 1 amide bonds. The summed E-state index contributed by atoms with van der Waals surface area (Å²) in [4.78, 5) is 44.1. The van der Waals surface area contributed by atoms with Crippen molar-refractivity contribution in [3.63, 3.8) is 0 Å². The van der Waals surface area contributed by atoms with Crippen molar-refractivity contribution in [2.45, 2.75) is 6.54 Å². The largest absolute Gasteiger partial charge is 0.332 e. The fourth-order valence-electron chi connectivity index (χ4n) is 2.34. The monoisotopic (exact) mass is 341 g/mol. The van der Waals surface area contributed by atoms with Gasteiger partial charge in [0.1, 0.15) is 6.54 Å². The summed E-state index contributed by atoms with van der Waals surface area (Å²) in [5.41, 5.74) is 2.58. The summed E-state index contributed by atoms with van der Waals surface area (Å²) >= 11 is 0. The lowest BCUT2D eigenvalue weighted by molar-refractivity contribution is -0.121. The van der Waals surface area contributed by atoms with Crippen molar-refractivity contribution >= 4 is 23.3 Å². The Bertz CT molecular complexity index is 1080. The maximum atomic E-state index is 12.3. The van der Waals surface area contributed by atoms with Crippen LogP contribution in [0.5, 0.6) is 0 Å². The van der Waals surface area contributed by atoms with Gasteiger partial charge in [0.25, 0.3) is 11.5 Å². The summed E-state index contributed by atoms with van der Waals surface area (Å²) in [6.45, 7) is -0.155. The highest BCUT2D eigenvalue weighted by Crippen LogP contribution is 2.04. The van der Waals surface area contributed by atoms with Gasteiger partial charge in [0.05, 0.1) is 12.5 Å². The summed E-state index contributed by atoms with van der Waals surface area (Å²) in [7, 11) is 2.89. The van der Waals surface area contributed by atoms with E-state index in [0.717, 1.165) is 10.1 Å². The summed E-state index contributed by atoms with van der Waals surface area (Å²) < 4.78 is 3.61. The van der Waals surface area contributed by atoms with E-state index in [-0.39, 0.29) is 17.7 Å². The van der Waals surface area contributed by atoms with E-state index in [2.05, 4.69) is 20.5 Å². The summed E-state index contributed by atoms with van der Waals surface area (Å²) in [5.74, 6) is -0.430. The summed E-state index contributed by atoms with van der Waals surface area (Å²) in [6, 6.07) is 3.48. The van der Waals surface area contributed by atoms with Crippen LogP contribution in [0.25, 0.3) is 11.2 Å². The summed E-state index contributed by atoms with van der Waals surface area (Å²) in [6.07, 6.45) is 6.05. The second-order valence-electron chi connectivity index (χ2n) is 5.32. The zero-order chi connectivity index (χ0) is 18.0. The molecule has 3 aromatic heterocycles. The van der Waals surface area contributed by atoms with Gasteiger partial charge in [-0.3, -0.25) is 23.7 Å². The van der Waals surface area contributed by atoms with E-state index >= 15 is 0 Å². The van der Waals surface area contributed by atoms with Crippen molar-refractivity contribution in [1.82, 2.24) is 29.1 Å². The van der Waals surface area contributed by atoms with Gasteiger partial charge in [0.15, 0.2) is 11.2 Å². The number of nitrogens with zero attached hydrogens (tertiary/aromatic N) is 6. The molecule has 0 fully saturated rings. The molecule has 0 spiro atoms. The molecule has 0 radical (unpaired) electrons. The number of nitrogens with one attached hydrogen (secondary N) is 1. The fraction of sp³-hybridized carbons (Fsp3) is 0.200. The highest BCUT2D eigenvalue weighted by atomic mass is 16.2. The molecule has 10 nitrogen and oxygen atoms in total. The van der Waals surface area contributed by atoms with E-state index in [1.165, 1.54) is 35.8 Å². The molecular formula is C15H15N7O3. The lowest BCUT2D eigenvalue weighted by Crippen LogP contribution is -2.38. The van der Waals surface area contributed by atoms with Crippen molar-refractivity contribution in [1.29, 1.82) is 0 Å². The van der Waals surface area contributed by atoms with Crippen LogP contribution in [-0.2, 0) is 25.4 Å². The molecule has 3 rings (SSSR count). The van der Waals surface area contributed by atoms with Crippen molar-refractivity contribution < 1.29 is 4.79 Å². The molecular weight excluding hydrogens is 326 g/mol. The smallest absolute Gasteiger partial charge is 0.315 e. The Morgan fingerprint density at radius 1 is 1.24 bits per heavy atom. The first-order valence-corrected chi connectivity index (χ1v) is 7.32. The molecule has 128 valence electrons. The molecule has 0 aliphatic carbocycles. The lowest BCUT2D eigenvalue weighted by atomic mass is 10.3. The van der Waals surface area contributed by atoms with Gasteiger partial charge in [-0.05, 0) is 17.7 Å². The first-order chi connectivity index (χ1) is 12.0. The predicted molar refractivity (Wildman–Crippen MR) is 90.2 cm³/mol. The number of fused-ring (bicyclic) bond motifs is 1. The molecule has 10 heteroatoms. The van der Waals surface area contributed by atoms with Gasteiger partial charge in [-0.2, -0.15) is 5.10 Å². The van der Waals surface area contributed by atoms with Gasteiger partial charge in [-0.25, -0.2) is 15.2 Å². The SMILES string of the molecule is Cn1c(=O)c2c(ncn2CC(=O)NN=Cc2ccncc2)n(C)c1=O. The molecule has 0 aliphatic rings. The van der Waals surface area contributed by atoms with Gasteiger partial charge in [0.2, 0.25) is 0 Å². The van der Waals surface area contributed by atoms with Crippen LogP contribution < -0.4 is 16.7 Å². The minimum absolute atomic E-state index is 0.155. The van der Waals surface area contributed by atoms with E-state index in [0.29, 0.717) is 0 Å². The van der Waals surface area contributed by atoms with Crippen LogP contribution in [0.1, 0.15) is 5.56 Å². The molecule has 0 aliphatic heterocycles. The number of hydrogen-bond donors (Lipinski definition) is 1. The van der Waals surface area contributed by atoms with E-state index in [9.17, 15) is 14.4 Å². The Kier molecular flexibility index (Phi) is 4.25. The van der Waals surface area contributed by atoms with Crippen LogP contribution >= 0.6 is 0 Å².